The minimum atomic E-state index is -0.129. The van der Waals surface area contributed by atoms with E-state index in [1.165, 1.54) is 0 Å². The molecule has 5 nitrogen and oxygen atoms in total. The molecule has 0 radical (unpaired) electrons. The molecular weight excluding hydrogens is 182 g/mol. The summed E-state index contributed by atoms with van der Waals surface area (Å²) < 4.78 is 4.80. The summed E-state index contributed by atoms with van der Waals surface area (Å²) in [6.07, 6.45) is 1.24. The topological polar surface area (TPSA) is 62.7 Å². The van der Waals surface area contributed by atoms with E-state index in [1.54, 1.807) is 0 Å². The highest BCUT2D eigenvalue weighted by molar-refractivity contribution is 5.81. The van der Waals surface area contributed by atoms with E-state index in [9.17, 15) is 4.79 Å². The molecule has 1 rings (SSSR count). The van der Waals surface area contributed by atoms with E-state index in [4.69, 9.17) is 4.74 Å². The van der Waals surface area contributed by atoms with E-state index in [1.807, 2.05) is 6.92 Å². The normalized spacial score (nSPS) is 14.5. The van der Waals surface area contributed by atoms with E-state index in [0.29, 0.717) is 13.0 Å². The van der Waals surface area contributed by atoms with Gasteiger partial charge in [-0.3, -0.25) is 9.79 Å². The van der Waals surface area contributed by atoms with Crippen LogP contribution < -0.4 is 10.6 Å². The van der Waals surface area contributed by atoms with E-state index in [2.05, 4.69) is 15.6 Å². The first-order valence-electron chi connectivity index (χ1n) is 5.00. The van der Waals surface area contributed by atoms with Crippen LogP contribution >= 0.6 is 0 Å². The summed E-state index contributed by atoms with van der Waals surface area (Å²) in [5.74, 6) is 0.712. The van der Waals surface area contributed by atoms with Crippen LogP contribution in [-0.4, -0.2) is 38.2 Å². The fourth-order valence-electron chi connectivity index (χ4n) is 1.19. The second-order valence-corrected chi connectivity index (χ2v) is 2.99. The predicted octanol–water partition coefficient (Wildman–Crippen LogP) is -0.121. The molecule has 0 bridgehead atoms. The maximum absolute atomic E-state index is 10.9. The molecule has 1 heterocycles. The van der Waals surface area contributed by atoms with Crippen molar-refractivity contribution in [2.24, 2.45) is 4.99 Å². The van der Waals surface area contributed by atoms with Gasteiger partial charge in [-0.15, -0.1) is 0 Å². The number of hydrogen-bond donors (Lipinski definition) is 2. The van der Waals surface area contributed by atoms with Gasteiger partial charge in [-0.05, 0) is 13.3 Å². The molecule has 14 heavy (non-hydrogen) atoms. The lowest BCUT2D eigenvalue weighted by molar-refractivity contribution is -0.143. The number of nitrogens with zero attached hydrogens (tertiary/aromatic N) is 1. The Kier molecular flexibility index (Phi) is 4.82. The third-order valence-corrected chi connectivity index (χ3v) is 1.83. The molecule has 0 aliphatic carbocycles. The molecule has 0 spiro atoms. The van der Waals surface area contributed by atoms with Gasteiger partial charge in [-0.25, -0.2) is 0 Å². The van der Waals surface area contributed by atoms with Crippen molar-refractivity contribution in [2.75, 3.05) is 26.2 Å². The summed E-state index contributed by atoms with van der Waals surface area (Å²) >= 11 is 0. The van der Waals surface area contributed by atoms with Crippen molar-refractivity contribution in [1.29, 1.82) is 0 Å². The Labute approximate surface area is 83.9 Å². The Morgan fingerprint density at radius 2 is 2.57 bits per heavy atom. The minimum absolute atomic E-state index is 0.129. The van der Waals surface area contributed by atoms with Crippen LogP contribution in [0.3, 0.4) is 0 Å². The minimum Gasteiger partial charge on any atom is -0.466 e. The van der Waals surface area contributed by atoms with Gasteiger partial charge in [0.05, 0.1) is 13.2 Å². The van der Waals surface area contributed by atoms with Gasteiger partial charge in [0, 0.05) is 19.5 Å². The van der Waals surface area contributed by atoms with E-state index in [-0.39, 0.29) is 5.97 Å². The number of ether oxygens (including phenoxy) is 1. The van der Waals surface area contributed by atoms with Gasteiger partial charge in [0.15, 0.2) is 5.96 Å². The Hall–Kier alpha value is -1.26. The van der Waals surface area contributed by atoms with Crippen molar-refractivity contribution in [3.63, 3.8) is 0 Å². The van der Waals surface area contributed by atoms with Crippen molar-refractivity contribution in [2.45, 2.75) is 19.8 Å². The number of carbonyl (C=O) groups excluding carboxylic acids is 1. The Balaban J connectivity index is 1.96. The standard InChI is InChI=1S/C9H17N3O2/c1-2-14-8(13)4-3-5-10-9-11-6-7-12-9/h2-7H2,1H3,(H2,10,11,12). The first-order valence-corrected chi connectivity index (χ1v) is 5.00. The quantitative estimate of drug-likeness (QED) is 0.478. The maximum Gasteiger partial charge on any atom is 0.305 e. The van der Waals surface area contributed by atoms with Crippen molar-refractivity contribution < 1.29 is 9.53 Å². The van der Waals surface area contributed by atoms with Crippen LogP contribution in [0.4, 0.5) is 0 Å². The third kappa shape index (κ3) is 4.11. The van der Waals surface area contributed by atoms with E-state index >= 15 is 0 Å². The molecule has 1 aliphatic heterocycles. The summed E-state index contributed by atoms with van der Waals surface area (Å²) in [7, 11) is 0. The first-order chi connectivity index (χ1) is 6.83. The lowest BCUT2D eigenvalue weighted by atomic mass is 10.3. The van der Waals surface area contributed by atoms with E-state index < -0.39 is 0 Å². The molecule has 0 aromatic heterocycles. The van der Waals surface area contributed by atoms with Crippen LogP contribution in [-0.2, 0) is 9.53 Å². The molecule has 5 heteroatoms. The number of guanidine groups is 1. The Morgan fingerprint density at radius 3 is 3.21 bits per heavy atom. The lowest BCUT2D eigenvalue weighted by Gasteiger charge is -2.05. The molecule has 2 N–H and O–H groups in total. The zero-order valence-corrected chi connectivity index (χ0v) is 8.51. The van der Waals surface area contributed by atoms with Crippen LogP contribution in [0.15, 0.2) is 4.99 Å². The SMILES string of the molecule is CCOC(=O)CCCNC1=NCCN1. The van der Waals surface area contributed by atoms with Gasteiger partial charge in [0.2, 0.25) is 0 Å². The Bertz CT molecular complexity index is 216. The predicted molar refractivity (Wildman–Crippen MR) is 54.2 cm³/mol. The average Bonchev–Trinajstić information content (AvgIpc) is 2.65. The second kappa shape index (κ2) is 6.23. The van der Waals surface area contributed by atoms with Crippen molar-refractivity contribution >= 4 is 11.9 Å². The summed E-state index contributed by atoms with van der Waals surface area (Å²) in [6.45, 7) is 4.76. The highest BCUT2D eigenvalue weighted by Gasteiger charge is 2.04. The summed E-state index contributed by atoms with van der Waals surface area (Å²) in [4.78, 5) is 15.1. The Morgan fingerprint density at radius 1 is 1.71 bits per heavy atom. The molecule has 0 amide bonds. The number of esters is 1. The van der Waals surface area contributed by atoms with Gasteiger partial charge in [-0.1, -0.05) is 0 Å². The highest BCUT2D eigenvalue weighted by atomic mass is 16.5. The summed E-state index contributed by atoms with van der Waals surface area (Å²) in [5.41, 5.74) is 0. The molecule has 1 aliphatic rings. The van der Waals surface area contributed by atoms with Crippen LogP contribution in [0.1, 0.15) is 19.8 Å². The van der Waals surface area contributed by atoms with Crippen molar-refractivity contribution in [3.8, 4) is 0 Å². The maximum atomic E-state index is 10.9. The van der Waals surface area contributed by atoms with Gasteiger partial charge >= 0.3 is 5.97 Å². The summed E-state index contributed by atoms with van der Waals surface area (Å²) in [6, 6.07) is 0. The molecule has 0 unspecified atom stereocenters. The highest BCUT2D eigenvalue weighted by Crippen LogP contribution is 1.91. The number of nitrogens with one attached hydrogen (secondary N) is 2. The number of carbonyl (C=O) groups is 1. The summed E-state index contributed by atoms with van der Waals surface area (Å²) in [5, 5.41) is 6.20. The zero-order chi connectivity index (χ0) is 10.2. The van der Waals surface area contributed by atoms with Gasteiger partial charge in [-0.2, -0.15) is 0 Å². The average molecular weight is 199 g/mol. The van der Waals surface area contributed by atoms with Crippen molar-refractivity contribution in [1.82, 2.24) is 10.6 Å². The number of rotatable bonds is 5. The van der Waals surface area contributed by atoms with Gasteiger partial charge in [0.1, 0.15) is 0 Å². The molecule has 0 aromatic rings. The van der Waals surface area contributed by atoms with Crippen LogP contribution in [0.5, 0.6) is 0 Å². The monoisotopic (exact) mass is 199 g/mol. The number of aliphatic imine (C=N–C) groups is 1. The molecule has 0 fully saturated rings. The van der Waals surface area contributed by atoms with Gasteiger partial charge < -0.3 is 15.4 Å². The fraction of sp³-hybridized carbons (Fsp3) is 0.778. The second-order valence-electron chi connectivity index (χ2n) is 2.99. The molecule has 80 valence electrons. The fourth-order valence-corrected chi connectivity index (χ4v) is 1.19. The third-order valence-electron chi connectivity index (χ3n) is 1.83. The van der Waals surface area contributed by atoms with E-state index in [0.717, 1.165) is 32.0 Å². The molecule has 0 aromatic carbocycles. The largest absolute Gasteiger partial charge is 0.466 e. The van der Waals surface area contributed by atoms with Gasteiger partial charge in [0.25, 0.3) is 0 Å². The molecular formula is C9H17N3O2. The molecule has 0 saturated carbocycles. The van der Waals surface area contributed by atoms with Crippen LogP contribution in [0, 0.1) is 0 Å². The molecule has 0 atom stereocenters. The smallest absolute Gasteiger partial charge is 0.305 e. The molecule has 0 saturated heterocycles. The van der Waals surface area contributed by atoms with Crippen LogP contribution in [0.2, 0.25) is 0 Å². The number of hydrogen-bond acceptors (Lipinski definition) is 5. The van der Waals surface area contributed by atoms with Crippen molar-refractivity contribution in [3.05, 3.63) is 0 Å². The lowest BCUT2D eigenvalue weighted by Crippen LogP contribution is -2.34. The zero-order valence-electron chi connectivity index (χ0n) is 8.51. The van der Waals surface area contributed by atoms with Crippen LogP contribution in [0.25, 0.3) is 0 Å². The first kappa shape index (κ1) is 10.8.